The average Bonchev–Trinajstić information content (AvgIpc) is 2.86. The van der Waals surface area contributed by atoms with Crippen molar-refractivity contribution in [2.24, 2.45) is 5.73 Å². The first-order valence-corrected chi connectivity index (χ1v) is 7.15. The molecule has 0 bridgehead atoms. The molecular weight excluding hydrogens is 238 g/mol. The minimum absolute atomic E-state index is 0.180. The van der Waals surface area contributed by atoms with Crippen molar-refractivity contribution in [1.82, 2.24) is 9.97 Å². The van der Waals surface area contributed by atoms with E-state index in [0.29, 0.717) is 0 Å². The lowest BCUT2D eigenvalue weighted by atomic mass is 9.67. The third-order valence-electron chi connectivity index (χ3n) is 3.39. The molecule has 1 fully saturated rings. The van der Waals surface area contributed by atoms with Gasteiger partial charge in [0.05, 0.1) is 16.1 Å². The Morgan fingerprint density at radius 1 is 1.38 bits per heavy atom. The summed E-state index contributed by atoms with van der Waals surface area (Å²) in [5.74, 6) is 0. The molecule has 2 heterocycles. The first-order valence-electron chi connectivity index (χ1n) is 5.39. The van der Waals surface area contributed by atoms with Crippen LogP contribution in [0.2, 0.25) is 0 Å². The Balaban J connectivity index is 1.93. The highest BCUT2D eigenvalue weighted by molar-refractivity contribution is 7.19. The maximum absolute atomic E-state index is 5.88. The highest BCUT2D eigenvalue weighted by atomic mass is 32.1. The maximum atomic E-state index is 5.88. The summed E-state index contributed by atoms with van der Waals surface area (Å²) < 4.78 is 0. The molecule has 16 heavy (non-hydrogen) atoms. The molecule has 0 saturated heterocycles. The van der Waals surface area contributed by atoms with E-state index in [1.54, 1.807) is 22.7 Å². The van der Waals surface area contributed by atoms with Gasteiger partial charge in [-0.3, -0.25) is 4.98 Å². The first kappa shape index (κ1) is 10.4. The fraction of sp³-hybridized carbons (Fsp3) is 0.455. The van der Waals surface area contributed by atoms with Crippen molar-refractivity contribution < 1.29 is 0 Å². The summed E-state index contributed by atoms with van der Waals surface area (Å²) in [4.78, 5) is 9.97. The molecule has 2 N–H and O–H groups in total. The zero-order chi connectivity index (χ0) is 11.0. The molecule has 3 nitrogen and oxygen atoms in total. The van der Waals surface area contributed by atoms with Crippen LogP contribution in [0.1, 0.15) is 25.0 Å². The van der Waals surface area contributed by atoms with Crippen molar-refractivity contribution in [3.8, 4) is 9.88 Å². The summed E-state index contributed by atoms with van der Waals surface area (Å²) in [6.45, 7) is 0.721. The maximum Gasteiger partial charge on any atom is 0.135 e. The van der Waals surface area contributed by atoms with E-state index >= 15 is 0 Å². The molecule has 1 saturated carbocycles. The van der Waals surface area contributed by atoms with Gasteiger partial charge in [-0.15, -0.1) is 22.7 Å². The van der Waals surface area contributed by atoms with Crippen LogP contribution in [0.5, 0.6) is 0 Å². The smallest absolute Gasteiger partial charge is 0.135 e. The minimum Gasteiger partial charge on any atom is -0.330 e. The number of thiazole rings is 2. The average molecular weight is 251 g/mol. The SMILES string of the molecule is NCC1(c2csc(-c3cncs3)n2)CCC1. The van der Waals surface area contributed by atoms with Crippen LogP contribution < -0.4 is 5.73 Å². The molecule has 0 spiro atoms. The highest BCUT2D eigenvalue weighted by Crippen LogP contribution is 2.44. The monoisotopic (exact) mass is 251 g/mol. The number of nitrogens with two attached hydrogens (primary N) is 1. The Labute approximate surface area is 102 Å². The molecule has 5 heteroatoms. The van der Waals surface area contributed by atoms with E-state index in [1.807, 2.05) is 11.7 Å². The summed E-state index contributed by atoms with van der Waals surface area (Å²) in [6, 6.07) is 0. The summed E-state index contributed by atoms with van der Waals surface area (Å²) in [5.41, 5.74) is 9.10. The van der Waals surface area contributed by atoms with Gasteiger partial charge in [0, 0.05) is 23.5 Å². The number of aromatic nitrogens is 2. The summed E-state index contributed by atoms with van der Waals surface area (Å²) in [7, 11) is 0. The van der Waals surface area contributed by atoms with E-state index in [9.17, 15) is 0 Å². The van der Waals surface area contributed by atoms with Gasteiger partial charge < -0.3 is 5.73 Å². The second-order valence-electron chi connectivity index (χ2n) is 4.24. The molecule has 0 amide bonds. The van der Waals surface area contributed by atoms with Crippen LogP contribution in [0.4, 0.5) is 0 Å². The van der Waals surface area contributed by atoms with Gasteiger partial charge in [-0.25, -0.2) is 4.98 Å². The quantitative estimate of drug-likeness (QED) is 0.912. The molecule has 1 aliphatic carbocycles. The predicted molar refractivity (Wildman–Crippen MR) is 67.8 cm³/mol. The first-order chi connectivity index (χ1) is 7.84. The molecular formula is C11H13N3S2. The molecule has 84 valence electrons. The number of nitrogens with zero attached hydrogens (tertiary/aromatic N) is 2. The zero-order valence-corrected chi connectivity index (χ0v) is 10.5. The summed E-state index contributed by atoms with van der Waals surface area (Å²) in [6.07, 6.45) is 5.54. The second kappa shape index (κ2) is 3.91. The van der Waals surface area contributed by atoms with E-state index < -0.39 is 0 Å². The van der Waals surface area contributed by atoms with Gasteiger partial charge in [-0.1, -0.05) is 6.42 Å². The number of rotatable bonds is 3. The van der Waals surface area contributed by atoms with Gasteiger partial charge >= 0.3 is 0 Å². The fourth-order valence-electron chi connectivity index (χ4n) is 2.12. The van der Waals surface area contributed by atoms with Crippen molar-refractivity contribution in [2.75, 3.05) is 6.54 Å². The van der Waals surface area contributed by atoms with Crippen molar-refractivity contribution >= 4 is 22.7 Å². The van der Waals surface area contributed by atoms with E-state index in [2.05, 4.69) is 10.4 Å². The molecule has 0 unspecified atom stereocenters. The van der Waals surface area contributed by atoms with Crippen molar-refractivity contribution in [2.45, 2.75) is 24.7 Å². The van der Waals surface area contributed by atoms with E-state index in [0.717, 1.165) is 16.4 Å². The molecule has 3 rings (SSSR count). The molecule has 2 aromatic heterocycles. The Kier molecular flexibility index (Phi) is 2.53. The van der Waals surface area contributed by atoms with Gasteiger partial charge in [-0.05, 0) is 12.8 Å². The summed E-state index contributed by atoms with van der Waals surface area (Å²) in [5, 5.41) is 3.25. The molecule has 0 aromatic carbocycles. The largest absolute Gasteiger partial charge is 0.330 e. The lowest BCUT2D eigenvalue weighted by Gasteiger charge is -2.39. The Bertz CT molecular complexity index is 466. The topological polar surface area (TPSA) is 51.8 Å². The van der Waals surface area contributed by atoms with E-state index in [4.69, 9.17) is 10.7 Å². The van der Waals surface area contributed by atoms with Crippen LogP contribution in [0, 0.1) is 0 Å². The van der Waals surface area contributed by atoms with Gasteiger partial charge in [0.25, 0.3) is 0 Å². The van der Waals surface area contributed by atoms with Crippen LogP contribution in [0.3, 0.4) is 0 Å². The second-order valence-corrected chi connectivity index (χ2v) is 5.99. The van der Waals surface area contributed by atoms with Crippen LogP contribution >= 0.6 is 22.7 Å². The molecule has 0 radical (unpaired) electrons. The van der Waals surface area contributed by atoms with Gasteiger partial charge in [0.15, 0.2) is 0 Å². The Morgan fingerprint density at radius 3 is 2.81 bits per heavy atom. The third-order valence-corrected chi connectivity index (χ3v) is 5.18. The van der Waals surface area contributed by atoms with Crippen molar-refractivity contribution in [3.63, 3.8) is 0 Å². The van der Waals surface area contributed by atoms with Gasteiger partial charge in [0.1, 0.15) is 5.01 Å². The van der Waals surface area contributed by atoms with Gasteiger partial charge in [-0.2, -0.15) is 0 Å². The van der Waals surface area contributed by atoms with Crippen LogP contribution in [-0.4, -0.2) is 16.5 Å². The van der Waals surface area contributed by atoms with E-state index in [-0.39, 0.29) is 5.41 Å². The van der Waals surface area contributed by atoms with Crippen LogP contribution in [0.15, 0.2) is 17.1 Å². The summed E-state index contributed by atoms with van der Waals surface area (Å²) >= 11 is 3.34. The lowest BCUT2D eigenvalue weighted by Crippen LogP contribution is -2.41. The fourth-order valence-corrected chi connectivity index (χ4v) is 3.76. The zero-order valence-electron chi connectivity index (χ0n) is 8.85. The molecule has 0 atom stereocenters. The normalized spacial score (nSPS) is 18.3. The highest BCUT2D eigenvalue weighted by Gasteiger charge is 2.39. The standard InChI is InChI=1S/C11H13N3S2/c12-6-11(2-1-3-11)9-5-15-10(14-9)8-4-13-7-16-8/h4-5,7H,1-3,6,12H2. The van der Waals surface area contributed by atoms with E-state index in [1.165, 1.54) is 25.0 Å². The molecule has 1 aliphatic rings. The minimum atomic E-state index is 0.180. The lowest BCUT2D eigenvalue weighted by molar-refractivity contribution is 0.247. The predicted octanol–water partition coefficient (Wildman–Crippen LogP) is 2.65. The molecule has 0 aliphatic heterocycles. The Morgan fingerprint density at radius 2 is 2.25 bits per heavy atom. The Hall–Kier alpha value is -0.780. The molecule has 2 aromatic rings. The number of hydrogen-bond acceptors (Lipinski definition) is 5. The van der Waals surface area contributed by atoms with Gasteiger partial charge in [0.2, 0.25) is 0 Å². The van der Waals surface area contributed by atoms with Crippen molar-refractivity contribution in [3.05, 3.63) is 22.8 Å². The van der Waals surface area contributed by atoms with Crippen molar-refractivity contribution in [1.29, 1.82) is 0 Å². The number of hydrogen-bond donors (Lipinski definition) is 1. The van der Waals surface area contributed by atoms with Crippen LogP contribution in [-0.2, 0) is 5.41 Å². The third kappa shape index (κ3) is 1.50. The van der Waals surface area contributed by atoms with Crippen LogP contribution in [0.25, 0.3) is 9.88 Å².